The van der Waals surface area contributed by atoms with Crippen molar-refractivity contribution in [3.05, 3.63) is 33.9 Å². The van der Waals surface area contributed by atoms with Gasteiger partial charge in [-0.2, -0.15) is 0 Å². The number of carboxylic acid groups (broad SMARTS) is 1. The van der Waals surface area contributed by atoms with Crippen LogP contribution in [-0.4, -0.2) is 22.5 Å². The van der Waals surface area contributed by atoms with Gasteiger partial charge in [0.1, 0.15) is 0 Å². The molecule has 2 N–H and O–H groups in total. The Balaban J connectivity index is 2.84. The fourth-order valence-electron chi connectivity index (χ4n) is 1.66. The van der Waals surface area contributed by atoms with Crippen LogP contribution in [-0.2, 0) is 4.79 Å². The molecule has 8 heteroatoms. The average molecular weight is 288 g/mol. The minimum Gasteiger partial charge on any atom is -0.481 e. The first kappa shape index (κ1) is 15.8. The van der Waals surface area contributed by atoms with Crippen molar-refractivity contribution < 1.29 is 23.6 Å². The van der Waals surface area contributed by atoms with Gasteiger partial charge in [0, 0.05) is 36.3 Å². The highest BCUT2D eigenvalue weighted by Gasteiger charge is 2.18. The van der Waals surface area contributed by atoms with Gasteiger partial charge >= 0.3 is 5.97 Å². The Kier molecular flexibility index (Phi) is 5.36. The lowest BCUT2D eigenvalue weighted by Gasteiger charge is -2.14. The van der Waals surface area contributed by atoms with Crippen LogP contribution in [0.5, 0.6) is 0 Å². The van der Waals surface area contributed by atoms with E-state index >= 15 is 0 Å². The zero-order valence-corrected chi connectivity index (χ0v) is 10.7. The lowest BCUT2D eigenvalue weighted by Crippen LogP contribution is -2.15. The Hall–Kier alpha value is -2.25. The van der Waals surface area contributed by atoms with Gasteiger partial charge in [-0.25, -0.2) is 8.78 Å². The number of halogens is 2. The predicted octanol–water partition coefficient (Wildman–Crippen LogP) is 3.06. The number of nitrogens with one attached hydrogen (secondary N) is 1. The monoisotopic (exact) mass is 288 g/mol. The summed E-state index contributed by atoms with van der Waals surface area (Å²) < 4.78 is 25.7. The number of alkyl halides is 2. The number of nitro groups is 1. The zero-order chi connectivity index (χ0) is 15.3. The summed E-state index contributed by atoms with van der Waals surface area (Å²) >= 11 is 0. The van der Waals surface area contributed by atoms with E-state index in [1.807, 2.05) is 0 Å². The minimum absolute atomic E-state index is 0.0721. The fraction of sp³-hybridized carbons (Fsp3) is 0.417. The maximum Gasteiger partial charge on any atom is 0.303 e. The number of rotatable bonds is 7. The summed E-state index contributed by atoms with van der Waals surface area (Å²) in [5, 5.41) is 21.8. The topological polar surface area (TPSA) is 92.5 Å². The molecule has 0 aliphatic rings. The van der Waals surface area contributed by atoms with Crippen molar-refractivity contribution in [1.29, 1.82) is 0 Å². The van der Waals surface area contributed by atoms with Crippen LogP contribution >= 0.6 is 0 Å². The molecule has 110 valence electrons. The van der Waals surface area contributed by atoms with E-state index in [0.29, 0.717) is 0 Å². The SMILES string of the molecule is CC(CNc1ccc([N+](=O)[O-])cc1C(F)F)CC(=O)O. The first-order valence-electron chi connectivity index (χ1n) is 5.83. The Bertz CT molecular complexity index is 508. The van der Waals surface area contributed by atoms with Crippen molar-refractivity contribution in [1.82, 2.24) is 0 Å². The molecule has 0 saturated carbocycles. The van der Waals surface area contributed by atoms with Crippen LogP contribution in [0.3, 0.4) is 0 Å². The molecule has 0 aliphatic carbocycles. The third-order valence-corrected chi connectivity index (χ3v) is 2.65. The first-order valence-corrected chi connectivity index (χ1v) is 5.83. The number of nitrogens with zero attached hydrogens (tertiary/aromatic N) is 1. The van der Waals surface area contributed by atoms with Crippen LogP contribution in [0, 0.1) is 16.0 Å². The van der Waals surface area contributed by atoms with Crippen LogP contribution in [0.25, 0.3) is 0 Å². The van der Waals surface area contributed by atoms with Gasteiger partial charge in [0.15, 0.2) is 0 Å². The number of benzene rings is 1. The minimum atomic E-state index is -2.85. The number of hydrogen-bond donors (Lipinski definition) is 2. The standard InChI is InChI=1S/C12H14F2N2O4/c1-7(4-11(17)18)6-15-10-3-2-8(16(19)20)5-9(10)12(13)14/h2-3,5,7,12,15H,4,6H2,1H3,(H,17,18). The highest BCUT2D eigenvalue weighted by atomic mass is 19.3. The van der Waals surface area contributed by atoms with E-state index in [1.165, 1.54) is 6.07 Å². The molecular weight excluding hydrogens is 274 g/mol. The molecule has 0 saturated heterocycles. The molecule has 0 radical (unpaired) electrons. The zero-order valence-electron chi connectivity index (χ0n) is 10.7. The molecule has 1 atom stereocenters. The van der Waals surface area contributed by atoms with Gasteiger partial charge in [0.05, 0.1) is 4.92 Å². The summed E-state index contributed by atoms with van der Waals surface area (Å²) in [4.78, 5) is 20.3. The third kappa shape index (κ3) is 4.45. The molecule has 0 bridgehead atoms. The lowest BCUT2D eigenvalue weighted by atomic mass is 10.1. The van der Waals surface area contributed by atoms with Gasteiger partial charge in [-0.1, -0.05) is 6.92 Å². The maximum absolute atomic E-state index is 12.8. The average Bonchev–Trinajstić information content (AvgIpc) is 2.35. The molecule has 0 fully saturated rings. The van der Waals surface area contributed by atoms with E-state index in [9.17, 15) is 23.7 Å². The van der Waals surface area contributed by atoms with Gasteiger partial charge in [-0.15, -0.1) is 0 Å². The molecule has 0 heterocycles. The molecule has 6 nitrogen and oxygen atoms in total. The number of carboxylic acids is 1. The summed E-state index contributed by atoms with van der Waals surface area (Å²) in [6, 6.07) is 3.14. The maximum atomic E-state index is 12.8. The van der Waals surface area contributed by atoms with Crippen molar-refractivity contribution >= 4 is 17.3 Å². The molecule has 0 aromatic heterocycles. The third-order valence-electron chi connectivity index (χ3n) is 2.65. The van der Waals surface area contributed by atoms with Gasteiger partial charge in [-0.3, -0.25) is 14.9 Å². The molecule has 20 heavy (non-hydrogen) atoms. The van der Waals surface area contributed by atoms with E-state index in [1.54, 1.807) is 6.92 Å². The lowest BCUT2D eigenvalue weighted by molar-refractivity contribution is -0.385. The number of nitro benzene ring substituents is 1. The molecule has 0 spiro atoms. The van der Waals surface area contributed by atoms with E-state index in [2.05, 4.69) is 5.32 Å². The van der Waals surface area contributed by atoms with Crippen molar-refractivity contribution in [2.75, 3.05) is 11.9 Å². The largest absolute Gasteiger partial charge is 0.481 e. The smallest absolute Gasteiger partial charge is 0.303 e. The second-order valence-corrected chi connectivity index (χ2v) is 4.41. The molecule has 1 aromatic carbocycles. The molecular formula is C12H14F2N2O4. The van der Waals surface area contributed by atoms with Crippen molar-refractivity contribution in [3.8, 4) is 0 Å². The van der Waals surface area contributed by atoms with E-state index in [4.69, 9.17) is 5.11 Å². The number of aliphatic carboxylic acids is 1. The van der Waals surface area contributed by atoms with E-state index in [0.717, 1.165) is 12.1 Å². The highest BCUT2D eigenvalue weighted by molar-refractivity contribution is 5.67. The Morgan fingerprint density at radius 3 is 2.65 bits per heavy atom. The molecule has 1 rings (SSSR count). The second-order valence-electron chi connectivity index (χ2n) is 4.41. The van der Waals surface area contributed by atoms with Crippen LogP contribution in [0.4, 0.5) is 20.2 Å². The summed E-state index contributed by atoms with van der Waals surface area (Å²) in [7, 11) is 0. The number of hydrogen-bond acceptors (Lipinski definition) is 4. The van der Waals surface area contributed by atoms with Gasteiger partial charge < -0.3 is 10.4 Å². The Labute approximate surface area is 113 Å². The highest BCUT2D eigenvalue weighted by Crippen LogP contribution is 2.30. The number of carbonyl (C=O) groups is 1. The van der Waals surface area contributed by atoms with Crippen LogP contribution in [0.2, 0.25) is 0 Å². The summed E-state index contributed by atoms with van der Waals surface area (Å²) in [5.74, 6) is -1.23. The Morgan fingerprint density at radius 2 is 2.15 bits per heavy atom. The second kappa shape index (κ2) is 6.78. The van der Waals surface area contributed by atoms with E-state index < -0.39 is 28.6 Å². The summed E-state index contributed by atoms with van der Waals surface area (Å²) in [6.45, 7) is 1.85. The molecule has 0 aliphatic heterocycles. The molecule has 0 amide bonds. The van der Waals surface area contributed by atoms with Crippen molar-refractivity contribution in [2.24, 2.45) is 5.92 Å². The Morgan fingerprint density at radius 1 is 1.50 bits per heavy atom. The quantitative estimate of drug-likeness (QED) is 0.594. The molecule has 1 aromatic rings. The molecule has 1 unspecified atom stereocenters. The van der Waals surface area contributed by atoms with Crippen molar-refractivity contribution in [2.45, 2.75) is 19.8 Å². The summed E-state index contributed by atoms with van der Waals surface area (Å²) in [6.07, 6.45) is -2.95. The fourth-order valence-corrected chi connectivity index (χ4v) is 1.66. The van der Waals surface area contributed by atoms with Gasteiger partial charge in [0.2, 0.25) is 0 Å². The van der Waals surface area contributed by atoms with E-state index in [-0.39, 0.29) is 24.6 Å². The van der Waals surface area contributed by atoms with Gasteiger partial charge in [0.25, 0.3) is 12.1 Å². The normalized spacial score (nSPS) is 12.2. The number of anilines is 1. The van der Waals surface area contributed by atoms with Crippen LogP contribution in [0.1, 0.15) is 25.3 Å². The number of non-ortho nitro benzene ring substituents is 1. The summed E-state index contributed by atoms with van der Waals surface area (Å²) in [5.41, 5.74) is -0.811. The van der Waals surface area contributed by atoms with Crippen LogP contribution < -0.4 is 5.32 Å². The van der Waals surface area contributed by atoms with Gasteiger partial charge in [-0.05, 0) is 12.0 Å². The predicted molar refractivity (Wildman–Crippen MR) is 68.0 cm³/mol. The van der Waals surface area contributed by atoms with Crippen LogP contribution in [0.15, 0.2) is 18.2 Å². The van der Waals surface area contributed by atoms with Crippen molar-refractivity contribution in [3.63, 3.8) is 0 Å². The first-order chi connectivity index (χ1) is 9.31.